The first-order valence-corrected chi connectivity index (χ1v) is 5.82. The van der Waals surface area contributed by atoms with Crippen LogP contribution in [0.5, 0.6) is 0 Å². The zero-order chi connectivity index (χ0) is 14.6. The van der Waals surface area contributed by atoms with E-state index < -0.39 is 17.8 Å². The van der Waals surface area contributed by atoms with Gasteiger partial charge in [0.2, 0.25) is 0 Å². The van der Waals surface area contributed by atoms with E-state index in [1.54, 1.807) is 13.8 Å². The van der Waals surface area contributed by atoms with Gasteiger partial charge in [0.05, 0.1) is 11.3 Å². The molecule has 0 atom stereocenters. The second-order valence-corrected chi connectivity index (χ2v) is 3.91. The third-order valence-corrected chi connectivity index (χ3v) is 2.64. The van der Waals surface area contributed by atoms with Crippen LogP contribution in [-0.2, 0) is 6.18 Å². The maximum atomic E-state index is 12.8. The number of amides is 2. The monoisotopic (exact) mass is 275 g/mol. The van der Waals surface area contributed by atoms with Gasteiger partial charge in [0.15, 0.2) is 0 Å². The fraction of sp³-hybridized carbons (Fsp3) is 0.417. The van der Waals surface area contributed by atoms with Crippen molar-refractivity contribution in [1.82, 2.24) is 4.90 Å². The van der Waals surface area contributed by atoms with Crippen molar-refractivity contribution in [2.75, 3.05) is 24.1 Å². The first-order valence-electron chi connectivity index (χ1n) is 5.82. The van der Waals surface area contributed by atoms with E-state index in [2.05, 4.69) is 5.32 Å². The molecule has 4 nitrogen and oxygen atoms in total. The summed E-state index contributed by atoms with van der Waals surface area (Å²) >= 11 is 0. The Bertz CT molecular complexity index is 456. The van der Waals surface area contributed by atoms with Gasteiger partial charge in [-0.25, -0.2) is 4.79 Å². The molecule has 0 spiro atoms. The van der Waals surface area contributed by atoms with E-state index in [-0.39, 0.29) is 11.4 Å². The quantitative estimate of drug-likeness (QED) is 0.832. The van der Waals surface area contributed by atoms with Gasteiger partial charge in [-0.05, 0) is 32.0 Å². The minimum Gasteiger partial charge on any atom is -0.399 e. The van der Waals surface area contributed by atoms with Gasteiger partial charge in [0.25, 0.3) is 0 Å². The molecular formula is C12H16F3N3O. The highest BCUT2D eigenvalue weighted by Crippen LogP contribution is 2.36. The lowest BCUT2D eigenvalue weighted by Gasteiger charge is -2.21. The molecule has 1 rings (SSSR count). The summed E-state index contributed by atoms with van der Waals surface area (Å²) in [6, 6.07) is 2.70. The number of carbonyl (C=O) groups excluding carboxylic acids is 1. The minimum absolute atomic E-state index is 0.00633. The molecule has 2 amide bonds. The second-order valence-electron chi connectivity index (χ2n) is 3.91. The molecule has 0 unspecified atom stereocenters. The minimum atomic E-state index is -4.57. The van der Waals surface area contributed by atoms with Crippen LogP contribution >= 0.6 is 0 Å². The van der Waals surface area contributed by atoms with E-state index >= 15 is 0 Å². The van der Waals surface area contributed by atoms with Crippen LogP contribution < -0.4 is 11.1 Å². The van der Waals surface area contributed by atoms with Gasteiger partial charge in [-0.3, -0.25) is 0 Å². The van der Waals surface area contributed by atoms with Crippen molar-refractivity contribution in [3.8, 4) is 0 Å². The molecule has 1 aromatic carbocycles. The number of nitrogen functional groups attached to an aromatic ring is 1. The third-order valence-electron chi connectivity index (χ3n) is 2.64. The van der Waals surface area contributed by atoms with Crippen molar-refractivity contribution < 1.29 is 18.0 Å². The lowest BCUT2D eigenvalue weighted by molar-refractivity contribution is -0.136. The van der Waals surface area contributed by atoms with Crippen molar-refractivity contribution >= 4 is 17.4 Å². The van der Waals surface area contributed by atoms with Gasteiger partial charge in [0, 0.05) is 18.8 Å². The fourth-order valence-electron chi connectivity index (χ4n) is 1.61. The first kappa shape index (κ1) is 15.1. The van der Waals surface area contributed by atoms with E-state index in [1.807, 2.05) is 0 Å². The topological polar surface area (TPSA) is 58.4 Å². The average molecular weight is 275 g/mol. The number of benzene rings is 1. The molecule has 0 aliphatic carbocycles. The molecule has 0 bridgehead atoms. The molecule has 0 saturated carbocycles. The lowest BCUT2D eigenvalue weighted by atomic mass is 10.1. The number of halogens is 3. The van der Waals surface area contributed by atoms with Crippen molar-refractivity contribution in [2.24, 2.45) is 0 Å². The maximum absolute atomic E-state index is 12.8. The molecule has 0 fully saturated rings. The number of nitrogens with one attached hydrogen (secondary N) is 1. The SMILES string of the molecule is CCN(CC)C(=O)Nc1ccc(N)cc1C(F)(F)F. The fourth-order valence-corrected chi connectivity index (χ4v) is 1.61. The molecular weight excluding hydrogens is 259 g/mol. The van der Waals surface area contributed by atoms with E-state index in [9.17, 15) is 18.0 Å². The van der Waals surface area contributed by atoms with E-state index in [1.165, 1.54) is 11.0 Å². The zero-order valence-corrected chi connectivity index (χ0v) is 10.7. The number of carbonyl (C=O) groups is 1. The van der Waals surface area contributed by atoms with Gasteiger partial charge in [-0.2, -0.15) is 13.2 Å². The number of hydrogen-bond acceptors (Lipinski definition) is 2. The second kappa shape index (κ2) is 5.81. The highest BCUT2D eigenvalue weighted by Gasteiger charge is 2.34. The number of urea groups is 1. The summed E-state index contributed by atoms with van der Waals surface area (Å²) in [6.45, 7) is 4.32. The van der Waals surface area contributed by atoms with Crippen LogP contribution in [0.4, 0.5) is 29.3 Å². The van der Waals surface area contributed by atoms with E-state index in [0.717, 1.165) is 12.1 Å². The summed E-state index contributed by atoms with van der Waals surface area (Å²) in [5, 5.41) is 2.26. The van der Waals surface area contributed by atoms with Crippen molar-refractivity contribution in [1.29, 1.82) is 0 Å². The van der Waals surface area contributed by atoms with Crippen LogP contribution in [0, 0.1) is 0 Å². The lowest BCUT2D eigenvalue weighted by Crippen LogP contribution is -2.35. The third kappa shape index (κ3) is 3.77. The summed E-state index contributed by atoms with van der Waals surface area (Å²) in [5.74, 6) is 0. The molecule has 0 aromatic heterocycles. The Kier molecular flexibility index (Phi) is 4.63. The zero-order valence-electron chi connectivity index (χ0n) is 10.7. The van der Waals surface area contributed by atoms with Crippen molar-refractivity contribution in [3.63, 3.8) is 0 Å². The van der Waals surface area contributed by atoms with Crippen LogP contribution in [0.25, 0.3) is 0 Å². The molecule has 3 N–H and O–H groups in total. The highest BCUT2D eigenvalue weighted by atomic mass is 19.4. The first-order chi connectivity index (χ1) is 8.79. The van der Waals surface area contributed by atoms with Gasteiger partial charge in [-0.1, -0.05) is 0 Å². The Hall–Kier alpha value is -1.92. The number of nitrogens with two attached hydrogens (primary N) is 1. The van der Waals surface area contributed by atoms with E-state index in [0.29, 0.717) is 13.1 Å². The van der Waals surface area contributed by atoms with Crippen molar-refractivity contribution in [3.05, 3.63) is 23.8 Å². The van der Waals surface area contributed by atoms with Gasteiger partial charge in [-0.15, -0.1) is 0 Å². The standard InChI is InChI=1S/C12H16F3N3O/c1-3-18(4-2)11(19)17-10-6-5-8(16)7-9(10)12(13,14)15/h5-7H,3-4,16H2,1-2H3,(H,17,19). The predicted octanol–water partition coefficient (Wildman–Crippen LogP) is 3.16. The smallest absolute Gasteiger partial charge is 0.399 e. The van der Waals surface area contributed by atoms with Crippen LogP contribution in [0.15, 0.2) is 18.2 Å². The number of anilines is 2. The number of alkyl halides is 3. The molecule has 0 radical (unpaired) electrons. The normalized spacial score (nSPS) is 11.2. The number of rotatable bonds is 3. The van der Waals surface area contributed by atoms with Crippen LogP contribution in [0.2, 0.25) is 0 Å². The Morgan fingerprint density at radius 2 is 1.89 bits per heavy atom. The average Bonchev–Trinajstić information content (AvgIpc) is 2.31. The Balaban J connectivity index is 3.05. The predicted molar refractivity (Wildman–Crippen MR) is 67.8 cm³/mol. The molecule has 19 heavy (non-hydrogen) atoms. The molecule has 0 aliphatic heterocycles. The Morgan fingerprint density at radius 1 is 1.32 bits per heavy atom. The summed E-state index contributed by atoms with van der Waals surface area (Å²) in [6.07, 6.45) is -4.57. The Morgan fingerprint density at radius 3 is 2.37 bits per heavy atom. The van der Waals surface area contributed by atoms with Gasteiger partial charge < -0.3 is 16.0 Å². The molecule has 7 heteroatoms. The Labute approximate surface area is 109 Å². The largest absolute Gasteiger partial charge is 0.418 e. The van der Waals surface area contributed by atoms with Crippen molar-refractivity contribution in [2.45, 2.75) is 20.0 Å². The summed E-state index contributed by atoms with van der Waals surface area (Å²) in [7, 11) is 0. The molecule has 1 aromatic rings. The number of nitrogens with zero attached hydrogens (tertiary/aromatic N) is 1. The maximum Gasteiger partial charge on any atom is 0.418 e. The van der Waals surface area contributed by atoms with Crippen LogP contribution in [-0.4, -0.2) is 24.0 Å². The summed E-state index contributed by atoms with van der Waals surface area (Å²) in [5.41, 5.74) is 4.09. The van der Waals surface area contributed by atoms with Crippen LogP contribution in [0.3, 0.4) is 0 Å². The summed E-state index contributed by atoms with van der Waals surface area (Å²) in [4.78, 5) is 13.1. The summed E-state index contributed by atoms with van der Waals surface area (Å²) < 4.78 is 38.5. The molecule has 0 heterocycles. The molecule has 106 valence electrons. The molecule has 0 saturated heterocycles. The number of hydrogen-bond donors (Lipinski definition) is 2. The van der Waals surface area contributed by atoms with Gasteiger partial charge >= 0.3 is 12.2 Å². The van der Waals surface area contributed by atoms with Crippen LogP contribution in [0.1, 0.15) is 19.4 Å². The highest BCUT2D eigenvalue weighted by molar-refractivity contribution is 5.90. The van der Waals surface area contributed by atoms with Gasteiger partial charge in [0.1, 0.15) is 0 Å². The van der Waals surface area contributed by atoms with E-state index in [4.69, 9.17) is 5.73 Å². The molecule has 0 aliphatic rings.